The van der Waals surface area contributed by atoms with Gasteiger partial charge in [0.25, 0.3) is 0 Å². The Kier molecular flexibility index (Phi) is 14.5. The number of urea groups is 1. The average molecular weight is 415 g/mol. The smallest absolute Gasteiger partial charge is 0.315 e. The fourth-order valence-electron chi connectivity index (χ4n) is 2.83. The second kappa shape index (κ2) is 16.8. The third kappa shape index (κ3) is 13.7. The minimum atomic E-state index is -0.0939. The Hall–Kier alpha value is -2.07. The first kappa shape index (κ1) is 25.0. The number of rotatable bonds is 18. The van der Waals surface area contributed by atoms with Gasteiger partial charge >= 0.3 is 6.03 Å². The monoisotopic (exact) mass is 414 g/mol. The molecule has 3 amide bonds. The topological polar surface area (TPSA) is 147 Å². The van der Waals surface area contributed by atoms with Gasteiger partial charge in [-0.25, -0.2) is 4.79 Å². The van der Waals surface area contributed by atoms with Gasteiger partial charge in [0.1, 0.15) is 0 Å². The maximum absolute atomic E-state index is 11.8. The van der Waals surface area contributed by atoms with E-state index in [9.17, 15) is 9.59 Å². The summed E-state index contributed by atoms with van der Waals surface area (Å²) in [7, 11) is 0. The Bertz CT molecular complexity index is 515. The molecule has 0 aromatic carbocycles. The summed E-state index contributed by atoms with van der Waals surface area (Å²) in [6, 6.07) is 0.262. The zero-order valence-corrected chi connectivity index (χ0v) is 17.2. The number of unbranched alkanes of at least 4 members (excludes halogenated alkanes) is 2. The van der Waals surface area contributed by atoms with E-state index in [-0.39, 0.29) is 24.0 Å². The minimum absolute atomic E-state index is 0.0342. The van der Waals surface area contributed by atoms with Crippen LogP contribution in [0.25, 0.3) is 10.4 Å². The normalized spacial score (nSPS) is 18.0. The summed E-state index contributed by atoms with van der Waals surface area (Å²) in [5, 5.41) is 11.9. The number of hydrogen-bond acceptors (Lipinski definition) is 6. The molecule has 166 valence electrons. The summed E-state index contributed by atoms with van der Waals surface area (Å²) in [5.41, 5.74) is 8.09. The molecular weight excluding hydrogens is 380 g/mol. The summed E-state index contributed by atoms with van der Waals surface area (Å²) in [5.74, 6) is 0.0342. The van der Waals surface area contributed by atoms with E-state index in [4.69, 9.17) is 19.7 Å². The summed E-state index contributed by atoms with van der Waals surface area (Å²) in [6.07, 6.45) is 4.24. The summed E-state index contributed by atoms with van der Waals surface area (Å²) < 4.78 is 15.9. The van der Waals surface area contributed by atoms with Crippen molar-refractivity contribution in [3.05, 3.63) is 10.4 Å². The summed E-state index contributed by atoms with van der Waals surface area (Å²) >= 11 is 0. The second-order valence-electron chi connectivity index (χ2n) is 6.75. The van der Waals surface area contributed by atoms with Gasteiger partial charge in [-0.1, -0.05) is 18.0 Å². The van der Waals surface area contributed by atoms with Crippen molar-refractivity contribution >= 4 is 11.9 Å². The lowest BCUT2D eigenvalue weighted by Crippen LogP contribution is -2.30. The van der Waals surface area contributed by atoms with E-state index in [1.807, 2.05) is 6.92 Å². The number of ether oxygens (including phenoxy) is 3. The highest BCUT2D eigenvalue weighted by Crippen LogP contribution is 2.11. The van der Waals surface area contributed by atoms with E-state index in [1.165, 1.54) is 0 Å². The maximum Gasteiger partial charge on any atom is 0.315 e. The Morgan fingerprint density at radius 1 is 1.07 bits per heavy atom. The summed E-state index contributed by atoms with van der Waals surface area (Å²) in [6.45, 7) is 5.46. The Balaban J connectivity index is 1.79. The van der Waals surface area contributed by atoms with Crippen LogP contribution in [0, 0.1) is 0 Å². The standard InChI is InChI=1S/C18H34N6O5/c1-15-16(23-18(26)22-15)5-3-2-4-6-17(25)20-7-9-27-11-13-29-14-12-28-10-8-21-24-19/h15-16H,2-14H2,1H3,(H,20,25)(H2,22,23,26)/t15-,16+/m1/s1. The van der Waals surface area contributed by atoms with Gasteiger partial charge in [-0.3, -0.25) is 4.79 Å². The fourth-order valence-corrected chi connectivity index (χ4v) is 2.83. The van der Waals surface area contributed by atoms with Gasteiger partial charge in [0.15, 0.2) is 0 Å². The van der Waals surface area contributed by atoms with Crippen molar-refractivity contribution in [3.63, 3.8) is 0 Å². The van der Waals surface area contributed by atoms with Crippen LogP contribution in [0.4, 0.5) is 4.79 Å². The molecule has 1 fully saturated rings. The molecule has 0 aromatic heterocycles. The SMILES string of the molecule is C[C@H]1NC(=O)N[C@H]1CCCCCC(=O)NCCOCCOCCOCCN=[N+]=[N-]. The zero-order chi connectivity index (χ0) is 21.2. The Morgan fingerprint density at radius 3 is 2.41 bits per heavy atom. The third-order valence-electron chi connectivity index (χ3n) is 4.41. The molecule has 1 heterocycles. The first-order chi connectivity index (χ1) is 14.1. The van der Waals surface area contributed by atoms with Crippen LogP contribution in [-0.2, 0) is 19.0 Å². The molecule has 0 saturated carbocycles. The van der Waals surface area contributed by atoms with E-state index in [0.29, 0.717) is 59.2 Å². The van der Waals surface area contributed by atoms with E-state index in [0.717, 1.165) is 25.7 Å². The summed E-state index contributed by atoms with van der Waals surface area (Å²) in [4.78, 5) is 25.6. The third-order valence-corrected chi connectivity index (χ3v) is 4.41. The van der Waals surface area contributed by atoms with Crippen LogP contribution in [-0.4, -0.2) is 76.8 Å². The molecule has 1 aliphatic rings. The van der Waals surface area contributed by atoms with Gasteiger partial charge in [0, 0.05) is 30.5 Å². The molecule has 0 spiro atoms. The minimum Gasteiger partial charge on any atom is -0.379 e. The molecule has 0 bridgehead atoms. The van der Waals surface area contributed by atoms with Crippen molar-refractivity contribution in [2.75, 3.05) is 52.7 Å². The molecule has 0 radical (unpaired) electrons. The predicted octanol–water partition coefficient (Wildman–Crippen LogP) is 1.48. The molecule has 11 heteroatoms. The van der Waals surface area contributed by atoms with Crippen LogP contribution in [0.2, 0.25) is 0 Å². The first-order valence-electron chi connectivity index (χ1n) is 10.2. The largest absolute Gasteiger partial charge is 0.379 e. The molecular formula is C18H34N6O5. The van der Waals surface area contributed by atoms with Crippen molar-refractivity contribution in [1.82, 2.24) is 16.0 Å². The van der Waals surface area contributed by atoms with Crippen LogP contribution < -0.4 is 16.0 Å². The van der Waals surface area contributed by atoms with Gasteiger partial charge in [-0.2, -0.15) is 0 Å². The maximum atomic E-state index is 11.8. The van der Waals surface area contributed by atoms with Gasteiger partial charge in [0.05, 0.1) is 45.7 Å². The second-order valence-corrected chi connectivity index (χ2v) is 6.75. The number of nitrogens with zero attached hydrogens (tertiary/aromatic N) is 3. The van der Waals surface area contributed by atoms with Gasteiger partial charge < -0.3 is 30.2 Å². The van der Waals surface area contributed by atoms with Crippen LogP contribution in [0.3, 0.4) is 0 Å². The van der Waals surface area contributed by atoms with Gasteiger partial charge in [0.2, 0.25) is 5.91 Å². The van der Waals surface area contributed by atoms with Crippen LogP contribution in [0.5, 0.6) is 0 Å². The molecule has 0 aromatic rings. The van der Waals surface area contributed by atoms with Crippen molar-refractivity contribution in [1.29, 1.82) is 0 Å². The first-order valence-corrected chi connectivity index (χ1v) is 10.2. The Labute approximate surface area is 171 Å². The highest BCUT2D eigenvalue weighted by atomic mass is 16.5. The number of carbonyl (C=O) groups is 2. The number of amides is 3. The molecule has 11 nitrogen and oxygen atoms in total. The molecule has 29 heavy (non-hydrogen) atoms. The van der Waals surface area contributed by atoms with Crippen molar-refractivity contribution in [2.45, 2.75) is 51.1 Å². The highest BCUT2D eigenvalue weighted by Gasteiger charge is 2.26. The molecule has 0 unspecified atom stereocenters. The molecule has 1 rings (SSSR count). The lowest BCUT2D eigenvalue weighted by atomic mass is 10.0. The average Bonchev–Trinajstić information content (AvgIpc) is 3.02. The quantitative estimate of drug-likeness (QED) is 0.134. The predicted molar refractivity (Wildman–Crippen MR) is 107 cm³/mol. The van der Waals surface area contributed by atoms with Gasteiger partial charge in [-0.15, -0.1) is 0 Å². The number of nitrogens with one attached hydrogen (secondary N) is 3. The molecule has 2 atom stereocenters. The lowest BCUT2D eigenvalue weighted by Gasteiger charge is -2.13. The number of carbonyl (C=O) groups excluding carboxylic acids is 2. The van der Waals surface area contributed by atoms with E-state index >= 15 is 0 Å². The van der Waals surface area contributed by atoms with Gasteiger partial charge in [-0.05, 0) is 25.3 Å². The van der Waals surface area contributed by atoms with Crippen molar-refractivity contribution in [3.8, 4) is 0 Å². The van der Waals surface area contributed by atoms with Crippen LogP contribution in [0.1, 0.15) is 39.0 Å². The molecule has 1 aliphatic heterocycles. The molecule has 1 saturated heterocycles. The zero-order valence-electron chi connectivity index (χ0n) is 17.2. The van der Waals surface area contributed by atoms with Crippen molar-refractivity contribution in [2.24, 2.45) is 5.11 Å². The molecule has 3 N–H and O–H groups in total. The fraction of sp³-hybridized carbons (Fsp3) is 0.889. The van der Waals surface area contributed by atoms with E-state index in [1.54, 1.807) is 0 Å². The number of hydrogen-bond donors (Lipinski definition) is 3. The lowest BCUT2D eigenvalue weighted by molar-refractivity contribution is -0.121. The van der Waals surface area contributed by atoms with Crippen LogP contribution in [0.15, 0.2) is 5.11 Å². The van der Waals surface area contributed by atoms with Crippen LogP contribution >= 0.6 is 0 Å². The van der Waals surface area contributed by atoms with Crippen molar-refractivity contribution < 1.29 is 23.8 Å². The molecule has 0 aliphatic carbocycles. The number of azide groups is 1. The van der Waals surface area contributed by atoms with E-state index in [2.05, 4.69) is 26.0 Å². The highest BCUT2D eigenvalue weighted by molar-refractivity contribution is 5.77. The van der Waals surface area contributed by atoms with E-state index < -0.39 is 0 Å². The Morgan fingerprint density at radius 2 is 1.76 bits per heavy atom.